The molecule has 0 bridgehead atoms. The van der Waals surface area contributed by atoms with Gasteiger partial charge in [0.25, 0.3) is 5.24 Å². The fraction of sp³-hybridized carbons (Fsp3) is 0.273. The number of imide groups is 1. The van der Waals surface area contributed by atoms with Crippen molar-refractivity contribution in [1.82, 2.24) is 5.32 Å². The molecule has 6 nitrogen and oxygen atoms in total. The second kappa shape index (κ2) is 5.74. The van der Waals surface area contributed by atoms with E-state index in [0.717, 1.165) is 17.3 Å². The van der Waals surface area contributed by atoms with Gasteiger partial charge >= 0.3 is 0 Å². The summed E-state index contributed by atoms with van der Waals surface area (Å²) in [4.78, 5) is 22.4. The van der Waals surface area contributed by atoms with Gasteiger partial charge in [-0.05, 0) is 24.1 Å². The first-order valence-electron chi connectivity index (χ1n) is 4.97. The first-order chi connectivity index (χ1) is 8.10. The van der Waals surface area contributed by atoms with E-state index in [1.807, 2.05) is 0 Å². The number of aromatic hydroxyl groups is 1. The average Bonchev–Trinajstić information content (AvgIpc) is 2.60. The minimum Gasteiger partial charge on any atom is -0.504 e. The minimum atomic E-state index is -0.406. The van der Waals surface area contributed by atoms with Crippen LogP contribution in [0.4, 0.5) is 4.79 Å². The largest absolute Gasteiger partial charge is 0.504 e. The molecule has 1 aliphatic heterocycles. The first kappa shape index (κ1) is 14.3. The van der Waals surface area contributed by atoms with E-state index in [2.05, 4.69) is 5.32 Å². The zero-order chi connectivity index (χ0) is 12.4. The normalized spacial score (nSPS) is 18.2. The fourth-order valence-electron chi connectivity index (χ4n) is 1.59. The maximum Gasteiger partial charge on any atom is 0.286 e. The highest BCUT2D eigenvalue weighted by Crippen LogP contribution is 2.29. The number of carbonyl (C=O) groups excluding carboxylic acids is 2. The predicted molar refractivity (Wildman–Crippen MR) is 66.9 cm³/mol. The Morgan fingerprint density at radius 3 is 2.72 bits per heavy atom. The van der Waals surface area contributed by atoms with Crippen LogP contribution in [0.3, 0.4) is 0 Å². The average molecular weight is 271 g/mol. The lowest BCUT2D eigenvalue weighted by Crippen LogP contribution is -2.25. The molecule has 1 aromatic rings. The summed E-state index contributed by atoms with van der Waals surface area (Å²) in [5.41, 5.74) is 0.835. The van der Waals surface area contributed by atoms with E-state index in [1.165, 1.54) is 13.2 Å². The monoisotopic (exact) mass is 271 g/mol. The molecule has 0 spiro atoms. The summed E-state index contributed by atoms with van der Waals surface area (Å²) < 4.78 is 4.97. The van der Waals surface area contributed by atoms with E-state index in [9.17, 15) is 14.7 Å². The van der Waals surface area contributed by atoms with Gasteiger partial charge in [0.15, 0.2) is 11.5 Å². The number of hydrogen-bond acceptors (Lipinski definition) is 5. The summed E-state index contributed by atoms with van der Waals surface area (Å²) in [6.07, 6.45) is 0.429. The number of carbonyl (C=O) groups is 2. The maximum atomic E-state index is 11.4. The quantitative estimate of drug-likeness (QED) is 0.831. The molecule has 0 aliphatic carbocycles. The topological polar surface area (TPSA) is 107 Å². The molecule has 7 heteroatoms. The van der Waals surface area contributed by atoms with Crippen LogP contribution in [0, 0.1) is 0 Å². The predicted octanol–water partition coefficient (Wildman–Crippen LogP) is 0.470. The highest BCUT2D eigenvalue weighted by molar-refractivity contribution is 8.15. The summed E-state index contributed by atoms with van der Waals surface area (Å²) in [6.45, 7) is 0. The van der Waals surface area contributed by atoms with Crippen LogP contribution in [0.5, 0.6) is 11.5 Å². The summed E-state index contributed by atoms with van der Waals surface area (Å²) in [7, 11) is 1.46. The minimum absolute atomic E-state index is 0. The molecule has 2 rings (SSSR count). The van der Waals surface area contributed by atoms with Gasteiger partial charge in [0.05, 0.1) is 12.4 Å². The van der Waals surface area contributed by atoms with Crippen LogP contribution in [0.1, 0.15) is 5.56 Å². The van der Waals surface area contributed by atoms with Crippen molar-refractivity contribution in [1.29, 1.82) is 0 Å². The Morgan fingerprint density at radius 2 is 2.17 bits per heavy atom. The van der Waals surface area contributed by atoms with Gasteiger partial charge in [-0.15, -0.1) is 0 Å². The number of benzene rings is 1. The number of hydrogen-bond donors (Lipinski definition) is 2. The highest BCUT2D eigenvalue weighted by Gasteiger charge is 2.31. The number of nitrogens with one attached hydrogen (secondary N) is 1. The lowest BCUT2D eigenvalue weighted by atomic mass is 10.1. The molecular weight excluding hydrogens is 258 g/mol. The van der Waals surface area contributed by atoms with Gasteiger partial charge in [-0.25, -0.2) is 0 Å². The summed E-state index contributed by atoms with van der Waals surface area (Å²) in [5, 5.41) is 10.9. The second-order valence-electron chi connectivity index (χ2n) is 3.59. The van der Waals surface area contributed by atoms with Gasteiger partial charge < -0.3 is 15.3 Å². The Balaban J connectivity index is 0.00000162. The number of rotatable bonds is 3. The molecule has 1 fully saturated rings. The highest BCUT2D eigenvalue weighted by atomic mass is 32.2. The van der Waals surface area contributed by atoms with Crippen molar-refractivity contribution in [3.63, 3.8) is 0 Å². The SMILES string of the molecule is COc1cc(C[C@H]2SC(=O)NC2=O)ccc1O.O. The number of thioether (sulfide) groups is 1. The molecule has 0 saturated carbocycles. The van der Waals surface area contributed by atoms with E-state index in [0.29, 0.717) is 12.2 Å². The van der Waals surface area contributed by atoms with Crippen molar-refractivity contribution in [3.8, 4) is 11.5 Å². The van der Waals surface area contributed by atoms with E-state index in [-0.39, 0.29) is 22.4 Å². The van der Waals surface area contributed by atoms with Crippen LogP contribution in [0.2, 0.25) is 0 Å². The van der Waals surface area contributed by atoms with Crippen LogP contribution in [0.25, 0.3) is 0 Å². The third-order valence-electron chi connectivity index (χ3n) is 2.43. The maximum absolute atomic E-state index is 11.4. The molecule has 18 heavy (non-hydrogen) atoms. The lowest BCUT2D eigenvalue weighted by Gasteiger charge is -2.08. The Labute approximate surface area is 108 Å². The molecule has 2 amide bonds. The van der Waals surface area contributed by atoms with Gasteiger partial charge in [-0.2, -0.15) is 0 Å². The molecule has 0 unspecified atom stereocenters. The van der Waals surface area contributed by atoms with Crippen LogP contribution >= 0.6 is 11.8 Å². The van der Waals surface area contributed by atoms with Gasteiger partial charge in [0.1, 0.15) is 0 Å². The summed E-state index contributed by atoms with van der Waals surface area (Å²) in [6, 6.07) is 4.87. The molecule has 0 radical (unpaired) electrons. The molecule has 1 atom stereocenters. The van der Waals surface area contributed by atoms with Crippen molar-refractivity contribution in [2.24, 2.45) is 0 Å². The number of amides is 2. The number of phenolic OH excluding ortho intramolecular Hbond substituents is 1. The Hall–Kier alpha value is -1.73. The zero-order valence-electron chi connectivity index (χ0n) is 9.60. The molecule has 1 heterocycles. The zero-order valence-corrected chi connectivity index (χ0v) is 10.4. The third kappa shape index (κ3) is 2.93. The first-order valence-corrected chi connectivity index (χ1v) is 5.85. The van der Waals surface area contributed by atoms with Crippen molar-refractivity contribution in [2.45, 2.75) is 11.7 Å². The van der Waals surface area contributed by atoms with Crippen LogP contribution in [-0.2, 0) is 11.2 Å². The Morgan fingerprint density at radius 1 is 1.44 bits per heavy atom. The molecule has 4 N–H and O–H groups in total. The van der Waals surface area contributed by atoms with Crippen LogP contribution in [-0.4, -0.2) is 34.1 Å². The van der Waals surface area contributed by atoms with Crippen LogP contribution < -0.4 is 10.1 Å². The van der Waals surface area contributed by atoms with Crippen molar-refractivity contribution < 1.29 is 24.9 Å². The fourth-order valence-corrected chi connectivity index (χ4v) is 2.45. The lowest BCUT2D eigenvalue weighted by molar-refractivity contribution is -0.118. The molecule has 0 aromatic heterocycles. The van der Waals surface area contributed by atoms with Gasteiger partial charge in [0, 0.05) is 0 Å². The smallest absolute Gasteiger partial charge is 0.286 e. The van der Waals surface area contributed by atoms with E-state index >= 15 is 0 Å². The number of phenols is 1. The van der Waals surface area contributed by atoms with E-state index in [1.54, 1.807) is 12.1 Å². The Kier molecular flexibility index (Phi) is 4.57. The Bertz CT molecular complexity index is 477. The van der Waals surface area contributed by atoms with Gasteiger partial charge in [-0.1, -0.05) is 17.8 Å². The number of methoxy groups -OCH3 is 1. The van der Waals surface area contributed by atoms with Crippen LogP contribution in [0.15, 0.2) is 18.2 Å². The number of ether oxygens (including phenoxy) is 1. The molecule has 1 aromatic carbocycles. The summed E-state index contributed by atoms with van der Waals surface area (Å²) >= 11 is 0.983. The van der Waals surface area contributed by atoms with Gasteiger partial charge in [-0.3, -0.25) is 14.9 Å². The second-order valence-corrected chi connectivity index (χ2v) is 4.77. The summed E-state index contributed by atoms with van der Waals surface area (Å²) in [5.74, 6) is 0.139. The molecule has 98 valence electrons. The third-order valence-corrected chi connectivity index (χ3v) is 3.41. The van der Waals surface area contributed by atoms with Crippen molar-refractivity contribution in [3.05, 3.63) is 23.8 Å². The molecular formula is C11H13NO5S. The molecule has 1 aliphatic rings. The van der Waals surface area contributed by atoms with Crippen molar-refractivity contribution in [2.75, 3.05) is 7.11 Å². The van der Waals surface area contributed by atoms with E-state index < -0.39 is 5.25 Å². The standard InChI is InChI=1S/C11H11NO4S.H2O/c1-16-8-4-6(2-3-7(8)13)5-9-10(14)12-11(15)17-9;/h2-4,9,13H,5H2,1H3,(H,12,14,15);1H2/t9-;/m1./s1. The van der Waals surface area contributed by atoms with Crippen molar-refractivity contribution >= 4 is 22.9 Å². The van der Waals surface area contributed by atoms with Gasteiger partial charge in [0.2, 0.25) is 5.91 Å². The molecule has 1 saturated heterocycles. The van der Waals surface area contributed by atoms with E-state index in [4.69, 9.17) is 4.74 Å².